The van der Waals surface area contributed by atoms with Gasteiger partial charge in [-0.05, 0) is 230 Å². The second-order valence-electron chi connectivity index (χ2n) is 38.4. The average Bonchev–Trinajstić information content (AvgIpc) is 1.06. The van der Waals surface area contributed by atoms with Crippen LogP contribution in [0, 0.1) is 0 Å². The molecule has 24 aromatic carbocycles. The van der Waals surface area contributed by atoms with Crippen molar-refractivity contribution in [3.8, 4) is 102 Å². The predicted octanol–water partition coefficient (Wildman–Crippen LogP) is 37.8. The smallest absolute Gasteiger partial charge is 0.164 e. The zero-order chi connectivity index (χ0) is 98.3. The molecule has 0 atom stereocenters. The van der Waals surface area contributed by atoms with Crippen LogP contribution in [0.1, 0.15) is 0 Å². The summed E-state index contributed by atoms with van der Waals surface area (Å²) in [5.41, 5.74) is 13.6. The molecule has 12 nitrogen and oxygen atoms in total. The molecule has 15 heteroatoms. The molecule has 0 aliphatic rings. The van der Waals surface area contributed by atoms with Crippen molar-refractivity contribution < 1.29 is 13.3 Å². The van der Waals surface area contributed by atoms with Gasteiger partial charge in [-0.2, -0.15) is 0 Å². The van der Waals surface area contributed by atoms with E-state index in [-0.39, 0.29) is 0 Å². The van der Waals surface area contributed by atoms with Crippen LogP contribution >= 0.6 is 34.0 Å². The second kappa shape index (κ2) is 34.2. The first-order valence-corrected chi connectivity index (χ1v) is 52.5. The minimum atomic E-state index is 0.604. The van der Waals surface area contributed by atoms with Crippen LogP contribution in [0.2, 0.25) is 0 Å². The summed E-state index contributed by atoms with van der Waals surface area (Å²) in [4.78, 5) is 45.3. The van der Waals surface area contributed by atoms with Crippen LogP contribution in [0.5, 0.6) is 0 Å². The molecule has 0 saturated carbocycles. The zero-order valence-electron chi connectivity index (χ0n) is 79.8. The molecule has 0 unspecified atom stereocenters. The number of furan rings is 3. The Morgan fingerprint density at radius 3 is 0.833 bits per heavy atom. The number of rotatable bonds is 9. The van der Waals surface area contributed by atoms with Crippen molar-refractivity contribution >= 4 is 257 Å². The normalized spacial score (nSPS) is 12.0. The molecule has 0 amide bonds. The van der Waals surface area contributed by atoms with Crippen LogP contribution in [0.25, 0.3) is 326 Å². The summed E-state index contributed by atoms with van der Waals surface area (Å²) in [5.74, 6) is 5.69. The lowest BCUT2D eigenvalue weighted by atomic mass is 9.93. The number of nitrogens with zero attached hydrogens (tertiary/aromatic N) is 9. The molecule has 0 N–H and O–H groups in total. The molecular weight excluding hydrogens is 1890 g/mol. The topological polar surface area (TPSA) is 155 Å². The SMILES string of the molecule is c1ccc(-c2nc(-c3ccc4c(ccc5ccc6c(ccc7oc8ccccc8c76)c54)c3)nc(-c3ccc4sc5ccccc5c4c3)n2)cc1.c1ccc(-c2nc(-c3ccc4c(ccc5ccc6cc7c(cc6c54)sc4ccccc47)c3)nc(-c3ccc4c(c3)oc3ccccc34)n2)cc1.c1ccc(-c2nc(-c3ccc4c(ccc5ccc6cc7sc8ccccc8c7cc6c54)c3)nc(-c3ccc4c(c3)oc3ccccc34)n2)cc1. The largest absolute Gasteiger partial charge is 0.456 e. The van der Waals surface area contributed by atoms with Gasteiger partial charge in [-0.15, -0.1) is 34.0 Å². The number of aromatic nitrogens is 9. The van der Waals surface area contributed by atoms with Gasteiger partial charge in [0.05, 0.1) is 0 Å². The van der Waals surface area contributed by atoms with Gasteiger partial charge in [0.2, 0.25) is 0 Å². The Balaban J connectivity index is 0.000000101. The molecule has 0 radical (unpaired) electrons. The van der Waals surface area contributed by atoms with E-state index in [9.17, 15) is 0 Å². The van der Waals surface area contributed by atoms with Crippen LogP contribution in [-0.4, -0.2) is 44.9 Å². The zero-order valence-corrected chi connectivity index (χ0v) is 82.2. The Hall–Kier alpha value is -19.3. The van der Waals surface area contributed by atoms with Gasteiger partial charge in [0.1, 0.15) is 33.5 Å². The molecule has 33 aromatic rings. The predicted molar refractivity (Wildman–Crippen MR) is 626 cm³/mol. The van der Waals surface area contributed by atoms with E-state index in [4.69, 9.17) is 58.1 Å². The third kappa shape index (κ3) is 14.3. The van der Waals surface area contributed by atoms with Gasteiger partial charge in [-0.1, -0.05) is 322 Å². The Kier molecular flexibility index (Phi) is 19.4. The highest BCUT2D eigenvalue weighted by atomic mass is 32.1. The lowest BCUT2D eigenvalue weighted by molar-refractivity contribution is 0.668. The maximum atomic E-state index is 6.23. The molecule has 696 valence electrons. The number of hydrogen-bond acceptors (Lipinski definition) is 15. The maximum absolute atomic E-state index is 6.23. The second-order valence-corrected chi connectivity index (χ2v) is 41.7. The van der Waals surface area contributed by atoms with Crippen molar-refractivity contribution in [2.75, 3.05) is 0 Å². The third-order valence-electron chi connectivity index (χ3n) is 29.6. The highest BCUT2D eigenvalue weighted by Crippen LogP contribution is 2.48. The molecule has 9 aromatic heterocycles. The molecule has 0 aliphatic carbocycles. The standard InChI is InChI=1S/3C45H25N3OS/c1-2-8-27(9-3-1)43-46-44(48-45(47-43)30-18-23-40-36(25-30)32-10-5-7-13-39(32)50-40)29-17-19-31-28(24-29)15-14-26-16-20-34-33(41(26)31)21-22-38-42(34)35-11-4-6-12-37(35)49-38;1-2-8-27(9-3-1)43-46-44(48-45(47-43)31-19-21-34-33-10-4-6-12-38(33)49-39(34)23-31)30-18-20-32-28(22-30)16-14-26-15-17-29-24-41-37(25-36(29)42(26)32)35-11-5-7-13-40(35)50-41;1-2-8-27(9-3-1)43-46-44(48-45(47-43)31-19-21-34-33-10-4-6-12-38(33)49-39(34)24-31)30-18-20-32-28(22-30)16-14-26-15-17-29-23-37-35-11-5-7-13-40(35)50-41(37)25-36(29)42(26)32/h3*1-25H. The summed E-state index contributed by atoms with van der Waals surface area (Å²) >= 11 is 5.53. The first kappa shape index (κ1) is 85.1. The fourth-order valence-corrected chi connectivity index (χ4v) is 25.8. The van der Waals surface area contributed by atoms with E-state index in [1.54, 1.807) is 0 Å². The van der Waals surface area contributed by atoms with Crippen LogP contribution in [0.4, 0.5) is 0 Å². The maximum Gasteiger partial charge on any atom is 0.164 e. The Morgan fingerprint density at radius 1 is 0.120 bits per heavy atom. The monoisotopic (exact) mass is 1970 g/mol. The van der Waals surface area contributed by atoms with Crippen molar-refractivity contribution in [3.05, 3.63) is 455 Å². The van der Waals surface area contributed by atoms with E-state index in [0.29, 0.717) is 52.4 Å². The number of thiophene rings is 3. The quantitative estimate of drug-likeness (QED) is 0.126. The minimum absolute atomic E-state index is 0.604. The van der Waals surface area contributed by atoms with E-state index < -0.39 is 0 Å². The molecule has 0 bridgehead atoms. The van der Waals surface area contributed by atoms with Crippen LogP contribution in [-0.2, 0) is 0 Å². The number of para-hydroxylation sites is 3. The van der Waals surface area contributed by atoms with E-state index in [2.05, 4.69) is 315 Å². The first-order valence-electron chi connectivity index (χ1n) is 50.0. The third-order valence-corrected chi connectivity index (χ3v) is 33.1. The van der Waals surface area contributed by atoms with Gasteiger partial charge >= 0.3 is 0 Å². The minimum Gasteiger partial charge on any atom is -0.456 e. The highest BCUT2D eigenvalue weighted by molar-refractivity contribution is 7.26. The van der Waals surface area contributed by atoms with Gasteiger partial charge in [0.15, 0.2) is 52.4 Å². The molecule has 9 heterocycles. The summed E-state index contributed by atoms with van der Waals surface area (Å²) in [7, 11) is 0. The van der Waals surface area contributed by atoms with Crippen molar-refractivity contribution in [2.45, 2.75) is 0 Å². The van der Waals surface area contributed by atoms with Gasteiger partial charge in [-0.3, -0.25) is 0 Å². The summed E-state index contributed by atoms with van der Waals surface area (Å²) in [6.07, 6.45) is 0. The summed E-state index contributed by atoms with van der Waals surface area (Å²) in [5, 5.41) is 36.3. The molecule has 0 spiro atoms. The number of hydrogen-bond donors (Lipinski definition) is 0. The van der Waals surface area contributed by atoms with Crippen LogP contribution in [0.15, 0.2) is 468 Å². The highest BCUT2D eigenvalue weighted by Gasteiger charge is 2.25. The molecule has 0 saturated heterocycles. The van der Waals surface area contributed by atoms with Crippen molar-refractivity contribution in [1.29, 1.82) is 0 Å². The fourth-order valence-electron chi connectivity index (χ4n) is 22.5. The average molecular weight is 1970 g/mol. The summed E-state index contributed by atoms with van der Waals surface area (Å²) < 4.78 is 26.5. The number of fused-ring (bicyclic) bond motifs is 34. The molecular formula is C135H75N9O3S3. The van der Waals surface area contributed by atoms with E-state index in [1.807, 2.05) is 174 Å². The lowest BCUT2D eigenvalue weighted by Crippen LogP contribution is -2.00. The van der Waals surface area contributed by atoms with E-state index in [0.717, 1.165) is 132 Å². The first-order chi connectivity index (χ1) is 74.2. The lowest BCUT2D eigenvalue weighted by Gasteiger charge is -2.11. The summed E-state index contributed by atoms with van der Waals surface area (Å²) in [6.45, 7) is 0. The summed E-state index contributed by atoms with van der Waals surface area (Å²) in [6, 6.07) is 160. The van der Waals surface area contributed by atoms with Gasteiger partial charge < -0.3 is 13.3 Å². The Labute approximate surface area is 866 Å². The Morgan fingerprint density at radius 2 is 0.387 bits per heavy atom. The van der Waals surface area contributed by atoms with Crippen molar-refractivity contribution in [3.63, 3.8) is 0 Å². The molecule has 0 aliphatic heterocycles. The molecule has 33 rings (SSSR count). The van der Waals surface area contributed by atoms with Gasteiger partial charge in [0, 0.05) is 143 Å². The Bertz CT molecular complexity index is 11500. The van der Waals surface area contributed by atoms with Gasteiger partial charge in [-0.25, -0.2) is 44.9 Å². The van der Waals surface area contributed by atoms with Crippen molar-refractivity contribution in [1.82, 2.24) is 44.9 Å². The number of benzene rings is 24. The molecule has 150 heavy (non-hydrogen) atoms. The van der Waals surface area contributed by atoms with E-state index in [1.165, 1.54) is 141 Å². The van der Waals surface area contributed by atoms with Gasteiger partial charge in [0.25, 0.3) is 0 Å². The molecule has 0 fully saturated rings. The van der Waals surface area contributed by atoms with Crippen molar-refractivity contribution in [2.24, 2.45) is 0 Å². The van der Waals surface area contributed by atoms with E-state index >= 15 is 0 Å². The fraction of sp³-hybridized carbons (Fsp3) is 0. The van der Waals surface area contributed by atoms with Crippen LogP contribution < -0.4 is 0 Å². The van der Waals surface area contributed by atoms with Crippen LogP contribution in [0.3, 0.4) is 0 Å².